The Labute approximate surface area is 105 Å². The molecule has 0 unspecified atom stereocenters. The van der Waals surface area contributed by atoms with Gasteiger partial charge in [0, 0.05) is 5.56 Å². The summed E-state index contributed by atoms with van der Waals surface area (Å²) in [4.78, 5) is 0. The number of aromatic amines is 1. The zero-order valence-electron chi connectivity index (χ0n) is 8.75. The maximum absolute atomic E-state index is 12.0. The summed E-state index contributed by atoms with van der Waals surface area (Å²) in [6.07, 6.45) is -3.39. The quantitative estimate of drug-likeness (QED) is 0.886. The van der Waals surface area contributed by atoms with Gasteiger partial charge in [0.25, 0.3) is 0 Å². The number of nitrogens with two attached hydrogens (primary N) is 1. The maximum atomic E-state index is 12.0. The van der Waals surface area contributed by atoms with Crippen LogP contribution in [-0.2, 0) is 0 Å². The molecule has 0 aliphatic carbocycles. The van der Waals surface area contributed by atoms with Crippen molar-refractivity contribution in [1.29, 1.82) is 0 Å². The number of anilines is 1. The molecule has 1 aromatic carbocycles. The SMILES string of the molecule is Nc1cn[nH]c1-c1ccc(OC(F)(F)F)c(Cl)c1. The Kier molecular flexibility index (Phi) is 3.08. The van der Waals surface area contributed by atoms with Crippen LogP contribution in [0, 0.1) is 0 Å². The Morgan fingerprint density at radius 2 is 2.06 bits per heavy atom. The van der Waals surface area contributed by atoms with Gasteiger partial charge in [0.2, 0.25) is 0 Å². The van der Waals surface area contributed by atoms with E-state index in [2.05, 4.69) is 14.9 Å². The highest BCUT2D eigenvalue weighted by molar-refractivity contribution is 6.32. The number of ether oxygens (including phenoxy) is 1. The van der Waals surface area contributed by atoms with Crippen molar-refractivity contribution >= 4 is 17.3 Å². The van der Waals surface area contributed by atoms with Crippen molar-refractivity contribution in [3.8, 4) is 17.0 Å². The topological polar surface area (TPSA) is 63.9 Å². The first kappa shape index (κ1) is 12.6. The summed E-state index contributed by atoms with van der Waals surface area (Å²) in [5.74, 6) is -0.467. The standard InChI is InChI=1S/C10H7ClF3N3O/c11-6-3-5(9-7(15)4-16-17-9)1-2-8(6)18-10(12,13)14/h1-4H,15H2,(H,16,17). The first-order chi connectivity index (χ1) is 8.37. The lowest BCUT2D eigenvalue weighted by Gasteiger charge is -2.11. The fourth-order valence-electron chi connectivity index (χ4n) is 1.39. The first-order valence-electron chi connectivity index (χ1n) is 4.71. The fraction of sp³-hybridized carbons (Fsp3) is 0.100. The zero-order valence-corrected chi connectivity index (χ0v) is 9.51. The van der Waals surface area contributed by atoms with Crippen molar-refractivity contribution in [2.45, 2.75) is 6.36 Å². The third kappa shape index (κ3) is 2.67. The molecule has 3 N–H and O–H groups in total. The van der Waals surface area contributed by atoms with Crippen molar-refractivity contribution in [2.75, 3.05) is 5.73 Å². The van der Waals surface area contributed by atoms with E-state index >= 15 is 0 Å². The van der Waals surface area contributed by atoms with Crippen molar-refractivity contribution in [1.82, 2.24) is 10.2 Å². The molecule has 18 heavy (non-hydrogen) atoms. The minimum atomic E-state index is -4.78. The molecule has 0 aliphatic heterocycles. The van der Waals surface area contributed by atoms with E-state index in [0.717, 1.165) is 6.07 Å². The normalized spacial score (nSPS) is 11.6. The van der Waals surface area contributed by atoms with Crippen molar-refractivity contribution in [2.24, 2.45) is 0 Å². The van der Waals surface area contributed by atoms with E-state index in [1.807, 2.05) is 0 Å². The van der Waals surface area contributed by atoms with Crippen LogP contribution in [-0.4, -0.2) is 16.6 Å². The summed E-state index contributed by atoms with van der Waals surface area (Å²) >= 11 is 5.70. The van der Waals surface area contributed by atoms with E-state index in [0.29, 0.717) is 16.9 Å². The highest BCUT2D eigenvalue weighted by Gasteiger charge is 2.32. The fourth-order valence-corrected chi connectivity index (χ4v) is 1.61. The molecule has 1 heterocycles. The van der Waals surface area contributed by atoms with Crippen LogP contribution in [0.3, 0.4) is 0 Å². The number of nitrogens with one attached hydrogen (secondary N) is 1. The number of H-pyrrole nitrogens is 1. The predicted octanol–water partition coefficient (Wildman–Crippen LogP) is 3.21. The molecule has 0 amide bonds. The smallest absolute Gasteiger partial charge is 0.404 e. The average molecular weight is 278 g/mol. The van der Waals surface area contributed by atoms with Crippen LogP contribution < -0.4 is 10.5 Å². The molecule has 0 atom stereocenters. The van der Waals surface area contributed by atoms with Gasteiger partial charge in [-0.1, -0.05) is 11.6 Å². The van der Waals surface area contributed by atoms with Crippen LogP contribution in [0.4, 0.5) is 18.9 Å². The van der Waals surface area contributed by atoms with Gasteiger partial charge in [0.1, 0.15) is 5.75 Å². The lowest BCUT2D eigenvalue weighted by Crippen LogP contribution is -2.17. The number of halogens is 4. The van der Waals surface area contributed by atoms with Crippen LogP contribution in [0.5, 0.6) is 5.75 Å². The molecule has 0 saturated heterocycles. The molecule has 8 heteroatoms. The molecule has 2 rings (SSSR count). The molecule has 0 aliphatic rings. The van der Waals surface area contributed by atoms with Crippen LogP contribution >= 0.6 is 11.6 Å². The van der Waals surface area contributed by atoms with Gasteiger partial charge in [-0.15, -0.1) is 13.2 Å². The summed E-state index contributed by atoms with van der Waals surface area (Å²) in [7, 11) is 0. The number of rotatable bonds is 2. The lowest BCUT2D eigenvalue weighted by atomic mass is 10.1. The Morgan fingerprint density at radius 1 is 1.33 bits per heavy atom. The molecule has 0 spiro atoms. The molecule has 4 nitrogen and oxygen atoms in total. The molecule has 0 fully saturated rings. The number of benzene rings is 1. The summed E-state index contributed by atoms with van der Waals surface area (Å²) < 4.78 is 39.9. The molecule has 1 aromatic heterocycles. The van der Waals surface area contributed by atoms with E-state index in [1.54, 1.807) is 0 Å². The van der Waals surface area contributed by atoms with Gasteiger partial charge in [0.05, 0.1) is 22.6 Å². The van der Waals surface area contributed by atoms with Gasteiger partial charge in [-0.05, 0) is 18.2 Å². The van der Waals surface area contributed by atoms with Gasteiger partial charge in [-0.2, -0.15) is 5.10 Å². The first-order valence-corrected chi connectivity index (χ1v) is 5.09. The largest absolute Gasteiger partial charge is 0.573 e. The molecular formula is C10H7ClF3N3O. The van der Waals surface area contributed by atoms with Crippen LogP contribution in [0.15, 0.2) is 24.4 Å². The zero-order chi connectivity index (χ0) is 13.3. The number of hydrogen-bond acceptors (Lipinski definition) is 3. The monoisotopic (exact) mass is 277 g/mol. The number of alkyl halides is 3. The van der Waals surface area contributed by atoms with E-state index in [-0.39, 0.29) is 5.02 Å². The van der Waals surface area contributed by atoms with E-state index in [9.17, 15) is 13.2 Å². The summed E-state index contributed by atoms with van der Waals surface area (Å²) in [6.45, 7) is 0. The summed E-state index contributed by atoms with van der Waals surface area (Å²) in [6, 6.07) is 3.83. The Hall–Kier alpha value is -1.89. The Bertz CT molecular complexity index is 568. The van der Waals surface area contributed by atoms with Crippen LogP contribution in [0.25, 0.3) is 11.3 Å². The van der Waals surface area contributed by atoms with E-state index < -0.39 is 12.1 Å². The molecular weight excluding hydrogens is 271 g/mol. The summed E-state index contributed by atoms with van der Waals surface area (Å²) in [5.41, 5.74) is 6.99. The predicted molar refractivity (Wildman–Crippen MR) is 60.1 cm³/mol. The minimum absolute atomic E-state index is 0.168. The highest BCUT2D eigenvalue weighted by atomic mass is 35.5. The highest BCUT2D eigenvalue weighted by Crippen LogP contribution is 2.34. The van der Waals surface area contributed by atoms with Gasteiger partial charge in [-0.3, -0.25) is 5.10 Å². The van der Waals surface area contributed by atoms with Crippen molar-refractivity contribution in [3.63, 3.8) is 0 Å². The van der Waals surface area contributed by atoms with Gasteiger partial charge >= 0.3 is 6.36 Å². The third-order valence-electron chi connectivity index (χ3n) is 2.11. The van der Waals surface area contributed by atoms with Crippen LogP contribution in [0.1, 0.15) is 0 Å². The van der Waals surface area contributed by atoms with Gasteiger partial charge < -0.3 is 10.5 Å². The number of nitrogen functional groups attached to an aromatic ring is 1. The Balaban J connectivity index is 2.34. The third-order valence-corrected chi connectivity index (χ3v) is 2.41. The number of aromatic nitrogens is 2. The second-order valence-electron chi connectivity index (χ2n) is 3.39. The number of hydrogen-bond donors (Lipinski definition) is 2. The summed E-state index contributed by atoms with van der Waals surface area (Å²) in [5, 5.41) is 6.16. The molecule has 0 radical (unpaired) electrons. The molecule has 0 saturated carbocycles. The second-order valence-corrected chi connectivity index (χ2v) is 3.80. The van der Waals surface area contributed by atoms with Gasteiger partial charge in [-0.25, -0.2) is 0 Å². The van der Waals surface area contributed by atoms with Gasteiger partial charge in [0.15, 0.2) is 0 Å². The van der Waals surface area contributed by atoms with Crippen molar-refractivity contribution in [3.05, 3.63) is 29.4 Å². The average Bonchev–Trinajstić information content (AvgIpc) is 2.66. The van der Waals surface area contributed by atoms with Crippen molar-refractivity contribution < 1.29 is 17.9 Å². The van der Waals surface area contributed by atoms with Crippen LogP contribution in [0.2, 0.25) is 5.02 Å². The van der Waals surface area contributed by atoms with E-state index in [1.165, 1.54) is 18.3 Å². The molecule has 0 bridgehead atoms. The van der Waals surface area contributed by atoms with E-state index in [4.69, 9.17) is 17.3 Å². The maximum Gasteiger partial charge on any atom is 0.573 e. The Morgan fingerprint density at radius 3 is 2.56 bits per heavy atom. The lowest BCUT2D eigenvalue weighted by molar-refractivity contribution is -0.274. The second kappa shape index (κ2) is 4.41. The number of nitrogens with zero attached hydrogens (tertiary/aromatic N) is 1. The molecule has 96 valence electrons. The minimum Gasteiger partial charge on any atom is -0.404 e. The molecule has 2 aromatic rings.